The number of para-hydroxylation sites is 1. The van der Waals surface area contributed by atoms with Crippen molar-refractivity contribution in [2.45, 2.75) is 20.8 Å². The fourth-order valence-electron chi connectivity index (χ4n) is 5.14. The lowest BCUT2D eigenvalue weighted by Crippen LogP contribution is -2.48. The van der Waals surface area contributed by atoms with Gasteiger partial charge in [-0.25, -0.2) is 4.68 Å². The number of carbonyl (C=O) groups excluding carboxylic acids is 2. The lowest BCUT2D eigenvalue weighted by atomic mass is 10.0. The Balaban J connectivity index is 1.61. The van der Waals surface area contributed by atoms with Gasteiger partial charge in [-0.1, -0.05) is 30.3 Å². The molecule has 0 bridgehead atoms. The Hall–Kier alpha value is -4.33. The summed E-state index contributed by atoms with van der Waals surface area (Å²) in [6, 6.07) is 18.0. The molecule has 1 fully saturated rings. The van der Waals surface area contributed by atoms with Gasteiger partial charge >= 0.3 is 0 Å². The molecular formula is C29H31N5O3. The molecule has 0 atom stereocenters. The number of hydrogen-bond acceptors (Lipinski definition) is 5. The molecule has 0 aliphatic carbocycles. The molecule has 8 nitrogen and oxygen atoms in total. The smallest absolute Gasteiger partial charge is 0.252 e. The second-order valence-corrected chi connectivity index (χ2v) is 9.47. The number of piperazine rings is 1. The fraction of sp³-hybridized carbons (Fsp3) is 0.276. The van der Waals surface area contributed by atoms with Crippen molar-refractivity contribution in [2.24, 2.45) is 5.73 Å². The maximum Gasteiger partial charge on any atom is 0.252 e. The first-order valence-corrected chi connectivity index (χ1v) is 12.4. The van der Waals surface area contributed by atoms with E-state index >= 15 is 0 Å². The first-order valence-electron chi connectivity index (χ1n) is 12.4. The highest BCUT2D eigenvalue weighted by atomic mass is 16.5. The van der Waals surface area contributed by atoms with E-state index in [1.165, 1.54) is 7.11 Å². The van der Waals surface area contributed by atoms with Crippen LogP contribution in [0.4, 0.5) is 5.69 Å². The molecule has 4 aromatic rings. The molecule has 0 radical (unpaired) electrons. The van der Waals surface area contributed by atoms with Crippen LogP contribution in [0.2, 0.25) is 0 Å². The van der Waals surface area contributed by atoms with Crippen LogP contribution in [0.5, 0.6) is 5.75 Å². The molecule has 3 aromatic carbocycles. The molecule has 1 aliphatic rings. The number of ether oxygens (including phenoxy) is 1. The first kappa shape index (κ1) is 24.4. The maximum absolute atomic E-state index is 12.2. The molecule has 0 unspecified atom stereocenters. The minimum Gasteiger partial charge on any atom is -0.496 e. The number of anilines is 1. The second-order valence-electron chi connectivity index (χ2n) is 9.47. The Morgan fingerprint density at radius 3 is 2.16 bits per heavy atom. The Bertz CT molecular complexity index is 1480. The van der Waals surface area contributed by atoms with Crippen molar-refractivity contribution in [1.29, 1.82) is 0 Å². The van der Waals surface area contributed by atoms with Gasteiger partial charge in [-0.2, -0.15) is 5.10 Å². The zero-order valence-electron chi connectivity index (χ0n) is 21.6. The monoisotopic (exact) mass is 497 g/mol. The van der Waals surface area contributed by atoms with Crippen LogP contribution in [0.3, 0.4) is 0 Å². The zero-order valence-corrected chi connectivity index (χ0v) is 21.6. The van der Waals surface area contributed by atoms with E-state index in [2.05, 4.69) is 55.1 Å². The summed E-state index contributed by atoms with van der Waals surface area (Å²) >= 11 is 0. The minimum absolute atomic E-state index is 0.119. The molecule has 0 spiro atoms. The number of nitrogens with zero attached hydrogens (tertiary/aromatic N) is 4. The highest BCUT2D eigenvalue weighted by Crippen LogP contribution is 2.36. The Morgan fingerprint density at radius 2 is 1.59 bits per heavy atom. The van der Waals surface area contributed by atoms with E-state index < -0.39 is 5.91 Å². The molecule has 1 saturated heterocycles. The van der Waals surface area contributed by atoms with Gasteiger partial charge < -0.3 is 20.3 Å². The summed E-state index contributed by atoms with van der Waals surface area (Å²) in [5.41, 5.74) is 12.8. The van der Waals surface area contributed by atoms with Crippen molar-refractivity contribution in [3.8, 4) is 22.7 Å². The van der Waals surface area contributed by atoms with Crippen LogP contribution in [0.1, 0.15) is 28.4 Å². The normalized spacial score (nSPS) is 13.7. The number of primary amides is 1. The fourth-order valence-corrected chi connectivity index (χ4v) is 5.14. The number of aromatic nitrogens is 2. The van der Waals surface area contributed by atoms with Crippen LogP contribution in [0.15, 0.2) is 54.6 Å². The van der Waals surface area contributed by atoms with Crippen molar-refractivity contribution >= 4 is 28.4 Å². The van der Waals surface area contributed by atoms with Gasteiger partial charge in [0, 0.05) is 55.8 Å². The molecule has 2 amide bonds. The van der Waals surface area contributed by atoms with Gasteiger partial charge in [0.1, 0.15) is 11.4 Å². The molecule has 1 aromatic heterocycles. The number of methoxy groups -OCH3 is 1. The number of fused-ring (bicyclic) bond motifs is 1. The molecule has 2 heterocycles. The SMILES string of the molecule is COc1cc2c(cc1C(N)=O)c(-c1ccc(N3CCN(C(C)=O)CC3)cc1)nn2-c1c(C)cccc1C. The lowest BCUT2D eigenvalue weighted by molar-refractivity contribution is -0.129. The van der Waals surface area contributed by atoms with Crippen LogP contribution in [0.25, 0.3) is 27.8 Å². The van der Waals surface area contributed by atoms with Crippen LogP contribution < -0.4 is 15.4 Å². The van der Waals surface area contributed by atoms with Gasteiger partial charge in [0.15, 0.2) is 0 Å². The third kappa shape index (κ3) is 4.39. The van der Waals surface area contributed by atoms with E-state index in [1.54, 1.807) is 13.0 Å². The van der Waals surface area contributed by atoms with Gasteiger partial charge in [-0.3, -0.25) is 9.59 Å². The molecular weight excluding hydrogens is 466 g/mol. The molecule has 37 heavy (non-hydrogen) atoms. The quantitative estimate of drug-likeness (QED) is 0.448. The van der Waals surface area contributed by atoms with E-state index in [9.17, 15) is 9.59 Å². The second kappa shape index (κ2) is 9.61. The van der Waals surface area contributed by atoms with Gasteiger partial charge in [0.25, 0.3) is 5.91 Å². The van der Waals surface area contributed by atoms with Gasteiger partial charge in [0.05, 0.1) is 23.9 Å². The van der Waals surface area contributed by atoms with Crippen LogP contribution in [-0.4, -0.2) is 59.8 Å². The number of rotatable bonds is 5. The first-order chi connectivity index (χ1) is 17.8. The van der Waals surface area contributed by atoms with E-state index in [0.717, 1.165) is 70.8 Å². The van der Waals surface area contributed by atoms with Crippen molar-refractivity contribution in [3.05, 3.63) is 71.3 Å². The third-order valence-electron chi connectivity index (χ3n) is 7.15. The molecule has 1 aliphatic heterocycles. The number of nitrogens with two attached hydrogens (primary N) is 1. The van der Waals surface area contributed by atoms with Gasteiger partial charge in [-0.15, -0.1) is 0 Å². The number of benzene rings is 3. The maximum atomic E-state index is 12.2. The highest BCUT2D eigenvalue weighted by molar-refractivity contribution is 6.04. The number of amides is 2. The summed E-state index contributed by atoms with van der Waals surface area (Å²) in [5.74, 6) is -0.0168. The van der Waals surface area contributed by atoms with Crippen LogP contribution >= 0.6 is 0 Å². The van der Waals surface area contributed by atoms with Crippen LogP contribution in [0, 0.1) is 13.8 Å². The molecule has 8 heteroatoms. The average molecular weight is 498 g/mol. The van der Waals surface area contributed by atoms with E-state index in [4.69, 9.17) is 15.6 Å². The predicted octanol–water partition coefficient (Wildman–Crippen LogP) is 4.09. The summed E-state index contributed by atoms with van der Waals surface area (Å²) < 4.78 is 7.44. The summed E-state index contributed by atoms with van der Waals surface area (Å²) in [6.07, 6.45) is 0. The summed E-state index contributed by atoms with van der Waals surface area (Å²) in [4.78, 5) is 28.1. The molecule has 5 rings (SSSR count). The Morgan fingerprint density at radius 1 is 0.946 bits per heavy atom. The number of aryl methyl sites for hydroxylation is 2. The van der Waals surface area contributed by atoms with Crippen molar-refractivity contribution in [1.82, 2.24) is 14.7 Å². The summed E-state index contributed by atoms with van der Waals surface area (Å²) in [5, 5.41) is 5.87. The van der Waals surface area contributed by atoms with E-state index in [-0.39, 0.29) is 5.91 Å². The minimum atomic E-state index is -0.551. The Kier molecular flexibility index (Phi) is 6.33. The third-order valence-corrected chi connectivity index (χ3v) is 7.15. The molecule has 0 saturated carbocycles. The summed E-state index contributed by atoms with van der Waals surface area (Å²) in [7, 11) is 1.53. The van der Waals surface area contributed by atoms with Crippen molar-refractivity contribution < 1.29 is 14.3 Å². The lowest BCUT2D eigenvalue weighted by Gasteiger charge is -2.35. The largest absolute Gasteiger partial charge is 0.496 e. The van der Waals surface area contributed by atoms with E-state index in [0.29, 0.717) is 11.3 Å². The highest BCUT2D eigenvalue weighted by Gasteiger charge is 2.22. The summed E-state index contributed by atoms with van der Waals surface area (Å²) in [6.45, 7) is 8.77. The van der Waals surface area contributed by atoms with Gasteiger partial charge in [0.2, 0.25) is 5.91 Å². The predicted molar refractivity (Wildman–Crippen MR) is 146 cm³/mol. The standard InChI is InChI=1S/C29H31N5O3/c1-18-6-5-7-19(2)28(18)34-25-17-26(37-4)24(29(30)36)16-23(25)27(31-34)21-8-10-22(11-9-21)33-14-12-32(13-15-33)20(3)35/h5-11,16-17H,12-15H2,1-4H3,(H2,30,36). The van der Waals surface area contributed by atoms with E-state index in [1.807, 2.05) is 21.7 Å². The van der Waals surface area contributed by atoms with Gasteiger partial charge in [-0.05, 0) is 43.2 Å². The van der Waals surface area contributed by atoms with Crippen LogP contribution in [-0.2, 0) is 4.79 Å². The number of carbonyl (C=O) groups is 2. The van der Waals surface area contributed by atoms with Crippen molar-refractivity contribution in [3.63, 3.8) is 0 Å². The van der Waals surface area contributed by atoms with Crippen molar-refractivity contribution in [2.75, 3.05) is 38.2 Å². The number of hydrogen-bond donors (Lipinski definition) is 1. The average Bonchev–Trinajstić information content (AvgIpc) is 3.26. The molecule has 2 N–H and O–H groups in total. The topological polar surface area (TPSA) is 93.7 Å². The molecule has 190 valence electrons. The Labute approximate surface area is 216 Å². The zero-order chi connectivity index (χ0) is 26.3.